The summed E-state index contributed by atoms with van der Waals surface area (Å²) in [4.78, 5) is 12.6. The average Bonchev–Trinajstić information content (AvgIpc) is 3.23. The van der Waals surface area contributed by atoms with Crippen molar-refractivity contribution in [3.05, 3.63) is 50.8 Å². The summed E-state index contributed by atoms with van der Waals surface area (Å²) in [6, 6.07) is 9.81. The van der Waals surface area contributed by atoms with Crippen molar-refractivity contribution in [3.63, 3.8) is 0 Å². The van der Waals surface area contributed by atoms with Gasteiger partial charge in [0.2, 0.25) is 5.91 Å². The SMILES string of the molecule is O=C(NCc1ccccc1Cl)C1CCCN1S(=O)(=O)c1ccc(Br)s1. The number of nitrogens with zero attached hydrogens (tertiary/aromatic N) is 1. The van der Waals surface area contributed by atoms with Crippen LogP contribution in [0.25, 0.3) is 0 Å². The van der Waals surface area contributed by atoms with Gasteiger partial charge in [-0.05, 0) is 52.5 Å². The van der Waals surface area contributed by atoms with Crippen molar-refractivity contribution in [1.82, 2.24) is 9.62 Å². The summed E-state index contributed by atoms with van der Waals surface area (Å²) in [5, 5.41) is 3.38. The second kappa shape index (κ2) is 7.75. The summed E-state index contributed by atoms with van der Waals surface area (Å²) >= 11 is 10.5. The number of carbonyl (C=O) groups excluding carboxylic acids is 1. The number of thiophene rings is 1. The highest BCUT2D eigenvalue weighted by molar-refractivity contribution is 9.11. The van der Waals surface area contributed by atoms with E-state index in [1.807, 2.05) is 18.2 Å². The molecule has 9 heteroatoms. The molecule has 1 N–H and O–H groups in total. The minimum atomic E-state index is -3.67. The molecule has 0 aliphatic carbocycles. The summed E-state index contributed by atoms with van der Waals surface area (Å²) in [5.41, 5.74) is 0.798. The zero-order chi connectivity index (χ0) is 18.0. The van der Waals surface area contributed by atoms with Gasteiger partial charge in [0.15, 0.2) is 0 Å². The molecule has 2 heterocycles. The Bertz CT molecular complexity index is 885. The van der Waals surface area contributed by atoms with E-state index < -0.39 is 16.1 Å². The van der Waals surface area contributed by atoms with Gasteiger partial charge in [0, 0.05) is 18.1 Å². The Balaban J connectivity index is 1.73. The van der Waals surface area contributed by atoms with Gasteiger partial charge in [0.1, 0.15) is 10.3 Å². The molecule has 1 aliphatic rings. The molecule has 0 saturated carbocycles. The second-order valence-corrected chi connectivity index (χ2v) is 10.6. The van der Waals surface area contributed by atoms with Crippen LogP contribution in [0.1, 0.15) is 18.4 Å². The number of benzene rings is 1. The minimum absolute atomic E-state index is 0.241. The van der Waals surface area contributed by atoms with E-state index in [9.17, 15) is 13.2 Å². The van der Waals surface area contributed by atoms with Gasteiger partial charge in [-0.3, -0.25) is 4.79 Å². The first-order chi connectivity index (χ1) is 11.9. The third-order valence-electron chi connectivity index (χ3n) is 4.03. The largest absolute Gasteiger partial charge is 0.351 e. The monoisotopic (exact) mass is 462 g/mol. The predicted molar refractivity (Wildman–Crippen MR) is 102 cm³/mol. The molecule has 1 saturated heterocycles. The van der Waals surface area contributed by atoms with Gasteiger partial charge in [-0.25, -0.2) is 8.42 Å². The van der Waals surface area contributed by atoms with Crippen molar-refractivity contribution >= 4 is 54.8 Å². The Labute approximate surface area is 164 Å². The van der Waals surface area contributed by atoms with Crippen molar-refractivity contribution in [1.29, 1.82) is 0 Å². The molecule has 1 unspecified atom stereocenters. The van der Waals surface area contributed by atoms with Crippen LogP contribution >= 0.6 is 38.9 Å². The molecule has 1 aromatic heterocycles. The number of hydrogen-bond donors (Lipinski definition) is 1. The van der Waals surface area contributed by atoms with Gasteiger partial charge in [-0.15, -0.1) is 11.3 Å². The summed E-state index contributed by atoms with van der Waals surface area (Å²) < 4.78 is 27.9. The molecule has 5 nitrogen and oxygen atoms in total. The second-order valence-electron chi connectivity index (χ2n) is 5.64. The van der Waals surface area contributed by atoms with Crippen molar-refractivity contribution in [3.8, 4) is 0 Å². The quantitative estimate of drug-likeness (QED) is 0.736. The van der Waals surface area contributed by atoms with Crippen LogP contribution in [0.3, 0.4) is 0 Å². The minimum Gasteiger partial charge on any atom is -0.351 e. The molecule has 0 bridgehead atoms. The standard InChI is InChI=1S/C16H16BrClN2O3S2/c17-14-7-8-15(24-14)25(22,23)20-9-3-6-13(20)16(21)19-10-11-4-1-2-5-12(11)18/h1-2,4-5,7-8,13H,3,6,9-10H2,(H,19,21). The van der Waals surface area contributed by atoms with Crippen molar-refractivity contribution in [2.24, 2.45) is 0 Å². The lowest BCUT2D eigenvalue weighted by Gasteiger charge is -2.22. The van der Waals surface area contributed by atoms with Crippen molar-refractivity contribution in [2.75, 3.05) is 6.54 Å². The first-order valence-electron chi connectivity index (χ1n) is 7.68. The Morgan fingerprint density at radius 1 is 1.32 bits per heavy atom. The van der Waals surface area contributed by atoms with Gasteiger partial charge in [0.25, 0.3) is 10.0 Å². The number of carbonyl (C=O) groups is 1. The number of rotatable bonds is 5. The topological polar surface area (TPSA) is 66.5 Å². The lowest BCUT2D eigenvalue weighted by molar-refractivity contribution is -0.124. The first kappa shape index (κ1) is 18.8. The van der Waals surface area contributed by atoms with E-state index in [0.717, 1.165) is 20.7 Å². The highest BCUT2D eigenvalue weighted by Crippen LogP contribution is 2.32. The van der Waals surface area contributed by atoms with Crippen LogP contribution in [-0.2, 0) is 21.4 Å². The average molecular weight is 464 g/mol. The molecule has 2 aromatic rings. The van der Waals surface area contributed by atoms with Gasteiger partial charge < -0.3 is 5.32 Å². The highest BCUT2D eigenvalue weighted by Gasteiger charge is 2.39. The smallest absolute Gasteiger partial charge is 0.253 e. The predicted octanol–water partition coefficient (Wildman–Crippen LogP) is 3.63. The summed E-state index contributed by atoms with van der Waals surface area (Å²) in [7, 11) is -3.67. The van der Waals surface area contributed by atoms with Crippen LogP contribution in [0.5, 0.6) is 0 Å². The number of hydrogen-bond acceptors (Lipinski definition) is 4. The Kier molecular flexibility index (Phi) is 5.85. The van der Waals surface area contributed by atoms with Gasteiger partial charge in [-0.2, -0.15) is 4.31 Å². The third kappa shape index (κ3) is 4.09. The van der Waals surface area contributed by atoms with E-state index in [0.29, 0.717) is 24.4 Å². The molecule has 1 atom stereocenters. The van der Waals surface area contributed by atoms with Gasteiger partial charge in [0.05, 0.1) is 3.79 Å². The van der Waals surface area contributed by atoms with Gasteiger partial charge >= 0.3 is 0 Å². The molecule has 1 aromatic carbocycles. The number of halogens is 2. The number of nitrogens with one attached hydrogen (secondary N) is 1. The highest BCUT2D eigenvalue weighted by atomic mass is 79.9. The van der Waals surface area contributed by atoms with Crippen LogP contribution in [0.2, 0.25) is 5.02 Å². The van der Waals surface area contributed by atoms with Crippen LogP contribution in [-0.4, -0.2) is 31.2 Å². The third-order valence-corrected chi connectivity index (χ3v) is 8.40. The van der Waals surface area contributed by atoms with Crippen LogP contribution < -0.4 is 5.32 Å². The molecular formula is C16H16BrClN2O3S2. The maximum absolute atomic E-state index is 12.8. The molecule has 1 amide bonds. The fourth-order valence-corrected chi connectivity index (χ4v) is 6.78. The zero-order valence-electron chi connectivity index (χ0n) is 13.1. The molecular weight excluding hydrogens is 448 g/mol. The summed E-state index contributed by atoms with van der Waals surface area (Å²) in [6.07, 6.45) is 1.18. The molecule has 0 spiro atoms. The molecule has 25 heavy (non-hydrogen) atoms. The Hall–Kier alpha value is -0.930. The van der Waals surface area contributed by atoms with E-state index in [-0.39, 0.29) is 16.7 Å². The van der Waals surface area contributed by atoms with Crippen LogP contribution in [0.15, 0.2) is 44.4 Å². The Morgan fingerprint density at radius 2 is 2.08 bits per heavy atom. The molecule has 1 aliphatic heterocycles. The normalized spacial score (nSPS) is 18.4. The van der Waals surface area contributed by atoms with E-state index in [1.165, 1.54) is 4.31 Å². The molecule has 0 radical (unpaired) electrons. The van der Waals surface area contributed by atoms with Crippen LogP contribution in [0, 0.1) is 0 Å². The van der Waals surface area contributed by atoms with Gasteiger partial charge in [-0.1, -0.05) is 29.8 Å². The number of sulfonamides is 1. The van der Waals surface area contributed by atoms with E-state index >= 15 is 0 Å². The zero-order valence-corrected chi connectivity index (χ0v) is 17.1. The Morgan fingerprint density at radius 3 is 2.76 bits per heavy atom. The molecule has 3 rings (SSSR count). The van der Waals surface area contributed by atoms with E-state index in [4.69, 9.17) is 11.6 Å². The van der Waals surface area contributed by atoms with E-state index in [1.54, 1.807) is 18.2 Å². The number of amides is 1. The summed E-state index contributed by atoms with van der Waals surface area (Å²) in [5.74, 6) is -0.295. The fourth-order valence-electron chi connectivity index (χ4n) is 2.78. The maximum atomic E-state index is 12.8. The first-order valence-corrected chi connectivity index (χ1v) is 11.1. The fraction of sp³-hybridized carbons (Fsp3) is 0.312. The van der Waals surface area contributed by atoms with Crippen molar-refractivity contribution in [2.45, 2.75) is 29.6 Å². The van der Waals surface area contributed by atoms with Crippen molar-refractivity contribution < 1.29 is 13.2 Å². The molecule has 1 fully saturated rings. The molecule has 134 valence electrons. The summed E-state index contributed by atoms with van der Waals surface area (Å²) in [6.45, 7) is 0.621. The lowest BCUT2D eigenvalue weighted by Crippen LogP contribution is -2.45. The van der Waals surface area contributed by atoms with E-state index in [2.05, 4.69) is 21.2 Å². The maximum Gasteiger partial charge on any atom is 0.253 e. The van der Waals surface area contributed by atoms with Crippen LogP contribution in [0.4, 0.5) is 0 Å². The lowest BCUT2D eigenvalue weighted by atomic mass is 10.2.